The Kier molecular flexibility index (Phi) is 8.37. The monoisotopic (exact) mass is 376 g/mol. The van der Waals surface area contributed by atoms with Gasteiger partial charge in [0.1, 0.15) is 12.4 Å². The lowest BCUT2D eigenvalue weighted by Gasteiger charge is -2.12. The Morgan fingerprint density at radius 1 is 1.15 bits per heavy atom. The molecule has 2 aromatic rings. The molecule has 0 aliphatic rings. The normalized spacial score (nSPS) is 11.5. The van der Waals surface area contributed by atoms with Gasteiger partial charge in [-0.3, -0.25) is 4.99 Å². The number of rotatable bonds is 9. The Bertz CT molecular complexity index is 679. The van der Waals surface area contributed by atoms with E-state index in [1.165, 1.54) is 10.4 Å². The highest BCUT2D eigenvalue weighted by atomic mass is 32.1. The summed E-state index contributed by atoms with van der Waals surface area (Å²) in [6.45, 7) is 6.82. The number of hydrogen-bond donors (Lipinski definition) is 2. The van der Waals surface area contributed by atoms with Crippen LogP contribution in [0.15, 0.2) is 29.3 Å². The molecule has 0 saturated carbocycles. The Labute approximate surface area is 159 Å². The summed E-state index contributed by atoms with van der Waals surface area (Å²) < 4.78 is 10.5. The lowest BCUT2D eigenvalue weighted by molar-refractivity contribution is 0.146. The molecule has 7 heteroatoms. The van der Waals surface area contributed by atoms with Crippen molar-refractivity contribution in [1.82, 2.24) is 15.6 Å². The second-order valence-electron chi connectivity index (χ2n) is 5.84. The lowest BCUT2D eigenvalue weighted by atomic mass is 10.2. The van der Waals surface area contributed by atoms with Crippen LogP contribution in [0, 0.1) is 13.8 Å². The molecular weight excluding hydrogens is 348 g/mol. The molecule has 142 valence electrons. The van der Waals surface area contributed by atoms with Crippen LogP contribution in [0.25, 0.3) is 0 Å². The molecule has 0 atom stereocenters. The average Bonchev–Trinajstić information content (AvgIpc) is 2.97. The molecule has 0 aliphatic carbocycles. The Morgan fingerprint density at radius 3 is 2.54 bits per heavy atom. The number of guanidine groups is 1. The highest BCUT2D eigenvalue weighted by molar-refractivity contribution is 7.11. The first-order chi connectivity index (χ1) is 12.6. The van der Waals surface area contributed by atoms with E-state index < -0.39 is 0 Å². The molecular formula is C19H28N4O2S. The molecule has 2 N–H and O–H groups in total. The van der Waals surface area contributed by atoms with Crippen molar-refractivity contribution in [3.8, 4) is 5.75 Å². The zero-order valence-electron chi connectivity index (χ0n) is 16.0. The van der Waals surface area contributed by atoms with Crippen molar-refractivity contribution in [2.75, 3.05) is 33.9 Å². The number of nitrogens with one attached hydrogen (secondary N) is 2. The Hall–Kier alpha value is -2.12. The number of hydrogen-bond acceptors (Lipinski definition) is 5. The van der Waals surface area contributed by atoms with E-state index in [1.807, 2.05) is 24.3 Å². The minimum absolute atomic E-state index is 0.558. The summed E-state index contributed by atoms with van der Waals surface area (Å²) in [4.78, 5) is 10.1. The fourth-order valence-electron chi connectivity index (χ4n) is 2.29. The van der Waals surface area contributed by atoms with Gasteiger partial charge >= 0.3 is 0 Å². The van der Waals surface area contributed by atoms with Gasteiger partial charge in [-0.2, -0.15) is 0 Å². The molecule has 0 aliphatic heterocycles. The van der Waals surface area contributed by atoms with Gasteiger partial charge in [-0.15, -0.1) is 11.3 Å². The van der Waals surface area contributed by atoms with Gasteiger partial charge in [0.25, 0.3) is 0 Å². The van der Waals surface area contributed by atoms with Crippen LogP contribution < -0.4 is 15.4 Å². The van der Waals surface area contributed by atoms with E-state index in [0.717, 1.165) is 35.4 Å². The van der Waals surface area contributed by atoms with E-state index in [9.17, 15) is 0 Å². The van der Waals surface area contributed by atoms with E-state index in [0.29, 0.717) is 19.8 Å². The minimum atomic E-state index is 0.558. The van der Waals surface area contributed by atoms with Crippen LogP contribution in [0.5, 0.6) is 5.75 Å². The maximum atomic E-state index is 5.57. The van der Waals surface area contributed by atoms with Crippen LogP contribution in [0.4, 0.5) is 0 Å². The number of ether oxygens (including phenoxy) is 2. The SMILES string of the molecule is CN=C(NCCc1nc(C)c(C)s1)NCc1ccc(OCCOC)cc1. The van der Waals surface area contributed by atoms with Gasteiger partial charge in [-0.05, 0) is 31.5 Å². The predicted molar refractivity (Wildman–Crippen MR) is 107 cm³/mol. The molecule has 0 unspecified atom stereocenters. The first kappa shape index (κ1) is 20.2. The van der Waals surface area contributed by atoms with E-state index in [-0.39, 0.29) is 0 Å². The molecule has 26 heavy (non-hydrogen) atoms. The smallest absolute Gasteiger partial charge is 0.191 e. The summed E-state index contributed by atoms with van der Waals surface area (Å²) in [6, 6.07) is 8.03. The third-order valence-electron chi connectivity index (χ3n) is 3.87. The molecule has 0 amide bonds. The number of nitrogens with zero attached hydrogens (tertiary/aromatic N) is 2. The molecule has 0 bridgehead atoms. The molecule has 1 heterocycles. The second kappa shape index (κ2) is 10.8. The van der Waals surface area contributed by atoms with Crippen molar-refractivity contribution in [3.63, 3.8) is 0 Å². The van der Waals surface area contributed by atoms with Crippen molar-refractivity contribution in [2.24, 2.45) is 4.99 Å². The largest absolute Gasteiger partial charge is 0.491 e. The van der Waals surface area contributed by atoms with Crippen molar-refractivity contribution < 1.29 is 9.47 Å². The van der Waals surface area contributed by atoms with Crippen molar-refractivity contribution in [1.29, 1.82) is 0 Å². The number of aryl methyl sites for hydroxylation is 2. The summed E-state index contributed by atoms with van der Waals surface area (Å²) in [5.74, 6) is 1.64. The first-order valence-electron chi connectivity index (χ1n) is 8.70. The summed E-state index contributed by atoms with van der Waals surface area (Å²) >= 11 is 1.76. The van der Waals surface area contributed by atoms with Crippen LogP contribution in [0.1, 0.15) is 21.1 Å². The molecule has 1 aromatic heterocycles. The molecule has 0 radical (unpaired) electrons. The lowest BCUT2D eigenvalue weighted by Crippen LogP contribution is -2.37. The molecule has 2 rings (SSSR count). The Balaban J connectivity index is 1.72. The maximum Gasteiger partial charge on any atom is 0.191 e. The number of benzene rings is 1. The van der Waals surface area contributed by atoms with E-state index >= 15 is 0 Å². The maximum absolute atomic E-state index is 5.57. The summed E-state index contributed by atoms with van der Waals surface area (Å²) in [5.41, 5.74) is 2.29. The van der Waals surface area contributed by atoms with Crippen molar-refractivity contribution in [2.45, 2.75) is 26.8 Å². The van der Waals surface area contributed by atoms with Crippen molar-refractivity contribution >= 4 is 17.3 Å². The van der Waals surface area contributed by atoms with E-state index in [4.69, 9.17) is 9.47 Å². The molecule has 6 nitrogen and oxygen atoms in total. The fourth-order valence-corrected chi connectivity index (χ4v) is 3.22. The van der Waals surface area contributed by atoms with Crippen LogP contribution in [0.3, 0.4) is 0 Å². The molecule has 0 fully saturated rings. The van der Waals surface area contributed by atoms with Gasteiger partial charge in [0.15, 0.2) is 5.96 Å². The average molecular weight is 377 g/mol. The summed E-state index contributed by atoms with van der Waals surface area (Å²) in [6.07, 6.45) is 0.896. The highest BCUT2D eigenvalue weighted by Gasteiger charge is 2.04. The first-order valence-corrected chi connectivity index (χ1v) is 9.52. The quantitative estimate of drug-likeness (QED) is 0.400. The van der Waals surface area contributed by atoms with Crippen LogP contribution in [-0.4, -0.2) is 44.9 Å². The molecule has 0 spiro atoms. The van der Waals surface area contributed by atoms with Gasteiger partial charge < -0.3 is 20.1 Å². The molecule has 1 aromatic carbocycles. The van der Waals surface area contributed by atoms with Gasteiger partial charge in [0.2, 0.25) is 0 Å². The van der Waals surface area contributed by atoms with E-state index in [2.05, 4.69) is 34.5 Å². The van der Waals surface area contributed by atoms with Crippen LogP contribution in [-0.2, 0) is 17.7 Å². The van der Waals surface area contributed by atoms with E-state index in [1.54, 1.807) is 25.5 Å². The number of thiazole rings is 1. The Morgan fingerprint density at radius 2 is 1.92 bits per heavy atom. The van der Waals surface area contributed by atoms with Crippen LogP contribution >= 0.6 is 11.3 Å². The third kappa shape index (κ3) is 6.65. The van der Waals surface area contributed by atoms with Gasteiger partial charge in [-0.1, -0.05) is 12.1 Å². The number of aromatic nitrogens is 1. The third-order valence-corrected chi connectivity index (χ3v) is 5.00. The predicted octanol–water partition coefficient (Wildman–Crippen LogP) is 2.69. The van der Waals surface area contributed by atoms with Gasteiger partial charge in [0.05, 0.1) is 17.3 Å². The zero-order valence-corrected chi connectivity index (χ0v) is 16.8. The minimum Gasteiger partial charge on any atom is -0.491 e. The number of aliphatic imine (C=N–C) groups is 1. The summed E-state index contributed by atoms with van der Waals surface area (Å²) in [7, 11) is 3.44. The number of methoxy groups -OCH3 is 1. The summed E-state index contributed by atoms with van der Waals surface area (Å²) in [5, 5.41) is 7.81. The standard InChI is InChI=1S/C19H28N4O2S/c1-14-15(2)26-18(23-14)9-10-21-19(20-3)22-13-16-5-7-17(8-6-16)25-12-11-24-4/h5-8H,9-13H2,1-4H3,(H2,20,21,22). The van der Waals surface area contributed by atoms with Gasteiger partial charge in [-0.25, -0.2) is 4.98 Å². The fraction of sp³-hybridized carbons (Fsp3) is 0.474. The van der Waals surface area contributed by atoms with Crippen LogP contribution in [0.2, 0.25) is 0 Å². The highest BCUT2D eigenvalue weighted by Crippen LogP contribution is 2.16. The second-order valence-corrected chi connectivity index (χ2v) is 7.12. The zero-order chi connectivity index (χ0) is 18.8. The van der Waals surface area contributed by atoms with Gasteiger partial charge in [0, 0.05) is 38.5 Å². The topological polar surface area (TPSA) is 67.8 Å². The van der Waals surface area contributed by atoms with Crippen molar-refractivity contribution in [3.05, 3.63) is 45.4 Å². The molecule has 0 saturated heterocycles.